The molecular weight excluding hydrogens is 194 g/mol. The molecule has 1 atom stereocenters. The topological polar surface area (TPSA) is 36.9 Å². The van der Waals surface area contributed by atoms with Crippen molar-refractivity contribution in [2.45, 2.75) is 12.8 Å². The Kier molecular flexibility index (Phi) is 2.13. The van der Waals surface area contributed by atoms with Crippen molar-refractivity contribution in [1.29, 1.82) is 5.26 Å². The fourth-order valence-electron chi connectivity index (χ4n) is 0.619. The van der Waals surface area contributed by atoms with Gasteiger partial charge in [0, 0.05) is 0 Å². The molecule has 1 aromatic heterocycles. The van der Waals surface area contributed by atoms with E-state index < -0.39 is 0 Å². The summed E-state index contributed by atoms with van der Waals surface area (Å²) in [6.45, 7) is 1.80. The van der Waals surface area contributed by atoms with Crippen molar-refractivity contribution in [3.05, 3.63) is 22.6 Å². The van der Waals surface area contributed by atoms with E-state index in [0.29, 0.717) is 5.76 Å². The van der Waals surface area contributed by atoms with E-state index in [9.17, 15) is 0 Å². The third kappa shape index (κ3) is 1.39. The fourth-order valence-corrected chi connectivity index (χ4v) is 0.938. The zero-order valence-corrected chi connectivity index (χ0v) is 7.05. The number of halogens is 1. The summed E-state index contributed by atoms with van der Waals surface area (Å²) in [6, 6.07) is 3.88. The van der Waals surface area contributed by atoms with Crippen LogP contribution in [0.3, 0.4) is 0 Å². The minimum absolute atomic E-state index is 0.161. The second-order valence-corrected chi connectivity index (χ2v) is 2.93. The molecule has 1 rings (SSSR count). The van der Waals surface area contributed by atoms with Gasteiger partial charge in [-0.3, -0.25) is 0 Å². The summed E-state index contributed by atoms with van der Waals surface area (Å²) >= 11 is 3.23. The predicted octanol–water partition coefficient (Wildman–Crippen LogP) is 2.67. The maximum absolute atomic E-state index is 8.47. The Morgan fingerprint density at radius 1 is 1.80 bits per heavy atom. The molecule has 0 saturated heterocycles. The number of nitriles is 1. The number of nitrogens with zero attached hydrogens (tertiary/aromatic N) is 1. The Bertz CT molecular complexity index is 261. The molecule has 0 bridgehead atoms. The van der Waals surface area contributed by atoms with Crippen molar-refractivity contribution < 1.29 is 4.42 Å². The van der Waals surface area contributed by atoms with Crippen LogP contribution in [0, 0.1) is 11.3 Å². The second kappa shape index (κ2) is 2.89. The summed E-state index contributed by atoms with van der Waals surface area (Å²) in [7, 11) is 0. The molecule has 52 valence electrons. The van der Waals surface area contributed by atoms with Gasteiger partial charge < -0.3 is 4.42 Å². The molecule has 10 heavy (non-hydrogen) atoms. The molecule has 0 amide bonds. The Morgan fingerprint density at radius 2 is 2.50 bits per heavy atom. The molecule has 0 N–H and O–H groups in total. The van der Waals surface area contributed by atoms with Crippen LogP contribution in [0.2, 0.25) is 0 Å². The molecule has 1 heterocycles. The summed E-state index contributed by atoms with van der Waals surface area (Å²) in [5, 5.41) is 8.47. The quantitative estimate of drug-likeness (QED) is 0.698. The number of rotatable bonds is 1. The lowest BCUT2D eigenvalue weighted by Gasteiger charge is -1.92. The summed E-state index contributed by atoms with van der Waals surface area (Å²) in [5.74, 6) is 0.542. The van der Waals surface area contributed by atoms with E-state index in [1.165, 1.54) is 0 Å². The van der Waals surface area contributed by atoms with Crippen molar-refractivity contribution >= 4 is 15.9 Å². The first-order valence-corrected chi connectivity index (χ1v) is 3.67. The summed E-state index contributed by atoms with van der Waals surface area (Å²) in [5.41, 5.74) is 0. The monoisotopic (exact) mass is 199 g/mol. The average Bonchev–Trinajstić information content (AvgIpc) is 2.34. The van der Waals surface area contributed by atoms with Gasteiger partial charge in [-0.1, -0.05) is 0 Å². The standard InChI is InChI=1S/C7H6BrNO/c1-5(3-9)7-2-6(8)4-10-7/h2,4-5H,1H3. The van der Waals surface area contributed by atoms with E-state index in [1.807, 2.05) is 0 Å². The van der Waals surface area contributed by atoms with Gasteiger partial charge in [-0.2, -0.15) is 5.26 Å². The van der Waals surface area contributed by atoms with Gasteiger partial charge in [0.25, 0.3) is 0 Å². The van der Waals surface area contributed by atoms with E-state index in [1.54, 1.807) is 19.3 Å². The largest absolute Gasteiger partial charge is 0.467 e. The molecule has 2 nitrogen and oxygen atoms in total. The summed E-state index contributed by atoms with van der Waals surface area (Å²) < 4.78 is 5.93. The zero-order chi connectivity index (χ0) is 7.56. The maximum atomic E-state index is 8.47. The molecule has 0 aliphatic heterocycles. The Balaban J connectivity index is 2.87. The Labute approximate surface area is 67.6 Å². The molecular formula is C7H6BrNO. The highest BCUT2D eigenvalue weighted by Gasteiger charge is 2.07. The smallest absolute Gasteiger partial charge is 0.121 e. The molecule has 1 aromatic rings. The fraction of sp³-hybridized carbons (Fsp3) is 0.286. The first kappa shape index (κ1) is 7.36. The van der Waals surface area contributed by atoms with Crippen LogP contribution in [0.4, 0.5) is 0 Å². The first-order chi connectivity index (χ1) is 4.74. The van der Waals surface area contributed by atoms with Crippen LogP contribution in [0.1, 0.15) is 18.6 Å². The van der Waals surface area contributed by atoms with Crippen LogP contribution in [0.5, 0.6) is 0 Å². The summed E-state index contributed by atoms with van der Waals surface area (Å²) in [4.78, 5) is 0. The van der Waals surface area contributed by atoms with Gasteiger partial charge in [0.1, 0.15) is 17.9 Å². The second-order valence-electron chi connectivity index (χ2n) is 2.02. The Morgan fingerprint density at radius 3 is 2.90 bits per heavy atom. The minimum atomic E-state index is -0.161. The molecule has 1 unspecified atom stereocenters. The van der Waals surface area contributed by atoms with Crippen molar-refractivity contribution in [1.82, 2.24) is 0 Å². The van der Waals surface area contributed by atoms with Crippen LogP contribution in [0.15, 0.2) is 21.2 Å². The molecule has 3 heteroatoms. The normalized spacial score (nSPS) is 12.5. The molecule has 0 aromatic carbocycles. The zero-order valence-electron chi connectivity index (χ0n) is 5.47. The number of hydrogen-bond donors (Lipinski definition) is 0. The lowest BCUT2D eigenvalue weighted by molar-refractivity contribution is 0.501. The van der Waals surface area contributed by atoms with Gasteiger partial charge in [0.15, 0.2) is 0 Å². The van der Waals surface area contributed by atoms with Crippen molar-refractivity contribution in [3.63, 3.8) is 0 Å². The first-order valence-electron chi connectivity index (χ1n) is 2.87. The number of furan rings is 1. The summed E-state index contributed by atoms with van der Waals surface area (Å²) in [6.07, 6.45) is 1.57. The highest BCUT2D eigenvalue weighted by atomic mass is 79.9. The van der Waals surface area contributed by atoms with E-state index in [-0.39, 0.29) is 5.92 Å². The highest BCUT2D eigenvalue weighted by Crippen LogP contribution is 2.20. The maximum Gasteiger partial charge on any atom is 0.121 e. The van der Waals surface area contributed by atoms with Gasteiger partial charge >= 0.3 is 0 Å². The van der Waals surface area contributed by atoms with Gasteiger partial charge in [0.2, 0.25) is 0 Å². The van der Waals surface area contributed by atoms with Crippen LogP contribution >= 0.6 is 15.9 Å². The third-order valence-electron chi connectivity index (χ3n) is 1.21. The van der Waals surface area contributed by atoms with Gasteiger partial charge in [0.05, 0.1) is 10.5 Å². The van der Waals surface area contributed by atoms with E-state index in [2.05, 4.69) is 22.0 Å². The molecule has 0 aliphatic rings. The number of hydrogen-bond acceptors (Lipinski definition) is 2. The van der Waals surface area contributed by atoms with Crippen LogP contribution < -0.4 is 0 Å². The van der Waals surface area contributed by atoms with Crippen LogP contribution in [-0.4, -0.2) is 0 Å². The highest BCUT2D eigenvalue weighted by molar-refractivity contribution is 9.10. The van der Waals surface area contributed by atoms with Crippen molar-refractivity contribution in [2.75, 3.05) is 0 Å². The van der Waals surface area contributed by atoms with E-state index in [4.69, 9.17) is 9.68 Å². The average molecular weight is 200 g/mol. The van der Waals surface area contributed by atoms with E-state index >= 15 is 0 Å². The van der Waals surface area contributed by atoms with Crippen LogP contribution in [0.25, 0.3) is 0 Å². The molecule has 0 fully saturated rings. The van der Waals surface area contributed by atoms with Crippen LogP contribution in [-0.2, 0) is 0 Å². The third-order valence-corrected chi connectivity index (χ3v) is 1.62. The molecule has 0 aliphatic carbocycles. The van der Waals surface area contributed by atoms with E-state index in [0.717, 1.165) is 4.47 Å². The molecule has 0 spiro atoms. The van der Waals surface area contributed by atoms with Gasteiger partial charge in [-0.05, 0) is 28.9 Å². The Hall–Kier alpha value is -0.750. The SMILES string of the molecule is CC(C#N)c1cc(Br)co1. The minimum Gasteiger partial charge on any atom is -0.467 e. The van der Waals surface area contributed by atoms with Crippen molar-refractivity contribution in [2.24, 2.45) is 0 Å². The predicted molar refractivity (Wildman–Crippen MR) is 40.4 cm³/mol. The van der Waals surface area contributed by atoms with Gasteiger partial charge in [-0.15, -0.1) is 0 Å². The lowest BCUT2D eigenvalue weighted by Crippen LogP contribution is -1.83. The molecule has 0 radical (unpaired) electrons. The lowest BCUT2D eigenvalue weighted by atomic mass is 10.1. The molecule has 0 saturated carbocycles. The van der Waals surface area contributed by atoms with Gasteiger partial charge in [-0.25, -0.2) is 0 Å². The van der Waals surface area contributed by atoms with Crippen molar-refractivity contribution in [3.8, 4) is 6.07 Å².